The van der Waals surface area contributed by atoms with Crippen molar-refractivity contribution in [3.05, 3.63) is 83.1 Å². The number of carbonyl (C=O) groups excluding carboxylic acids is 1. The number of aromatic nitrogens is 5. The number of nitrogens with one attached hydrogen (secondary N) is 2. The van der Waals surface area contributed by atoms with Gasteiger partial charge in [-0.15, -0.1) is 21.5 Å². The van der Waals surface area contributed by atoms with Crippen LogP contribution in [0.15, 0.2) is 66.7 Å². The van der Waals surface area contributed by atoms with Gasteiger partial charge in [0.1, 0.15) is 0 Å². The van der Waals surface area contributed by atoms with Crippen LogP contribution in [0.1, 0.15) is 21.2 Å². The molecule has 8 nitrogen and oxygen atoms in total. The van der Waals surface area contributed by atoms with Crippen molar-refractivity contribution in [3.63, 3.8) is 0 Å². The van der Waals surface area contributed by atoms with E-state index in [0.29, 0.717) is 22.3 Å². The Kier molecular flexibility index (Phi) is 5.08. The molecule has 9 heteroatoms. The summed E-state index contributed by atoms with van der Waals surface area (Å²) >= 11 is 1.37. The van der Waals surface area contributed by atoms with Crippen molar-refractivity contribution in [2.45, 2.75) is 13.8 Å². The molecule has 5 rings (SSSR count). The van der Waals surface area contributed by atoms with Crippen LogP contribution in [0.5, 0.6) is 0 Å². The minimum Gasteiger partial charge on any atom is -0.339 e. The zero-order chi connectivity index (χ0) is 22.1. The van der Waals surface area contributed by atoms with Gasteiger partial charge < -0.3 is 10.6 Å². The zero-order valence-corrected chi connectivity index (χ0v) is 18.2. The predicted octanol–water partition coefficient (Wildman–Crippen LogP) is 4.88. The summed E-state index contributed by atoms with van der Waals surface area (Å²) in [5, 5.41) is 19.4. The lowest BCUT2D eigenvalue weighted by atomic mass is 10.2. The van der Waals surface area contributed by atoms with Gasteiger partial charge in [0.25, 0.3) is 5.91 Å². The first-order chi connectivity index (χ1) is 15.5. The number of aryl methyl sites for hydroxylation is 2. The summed E-state index contributed by atoms with van der Waals surface area (Å²) in [5.41, 5.74) is 4.27. The third-order valence-electron chi connectivity index (χ3n) is 4.78. The monoisotopic (exact) mass is 441 g/mol. The van der Waals surface area contributed by atoms with Gasteiger partial charge in [-0.1, -0.05) is 12.1 Å². The first-order valence-corrected chi connectivity index (χ1v) is 10.8. The summed E-state index contributed by atoms with van der Waals surface area (Å²) in [7, 11) is 0. The van der Waals surface area contributed by atoms with Gasteiger partial charge >= 0.3 is 0 Å². The number of nitrogens with zero attached hydrogens (tertiary/aromatic N) is 5. The van der Waals surface area contributed by atoms with Crippen molar-refractivity contribution in [1.82, 2.24) is 25.0 Å². The summed E-state index contributed by atoms with van der Waals surface area (Å²) < 4.78 is 2.75. The van der Waals surface area contributed by atoms with Gasteiger partial charge in [-0.05, 0) is 68.4 Å². The van der Waals surface area contributed by atoms with Crippen molar-refractivity contribution >= 4 is 44.7 Å². The molecule has 1 amide bonds. The molecule has 5 aromatic rings. The average molecular weight is 442 g/mol. The highest BCUT2D eigenvalue weighted by Gasteiger charge is 2.12. The number of hydrogen-bond acceptors (Lipinski definition) is 7. The quantitative estimate of drug-likeness (QED) is 0.403. The standard InChI is InChI=1S/C23H19N7OS/c1-14-13-15(2)30(29-14)21-12-11-20(27-28-21)24-16-7-9-17(10-8-16)25-22(31)23-26-18-5-3-4-6-19(18)32-23/h3-13H,1-2H3,(H,24,27)(H,25,31). The number of fused-ring (bicyclic) bond motifs is 1. The summed E-state index contributed by atoms with van der Waals surface area (Å²) in [6, 6.07) is 20.8. The van der Waals surface area contributed by atoms with Crippen LogP contribution in [0.25, 0.3) is 16.0 Å². The van der Waals surface area contributed by atoms with Crippen LogP contribution < -0.4 is 10.6 Å². The van der Waals surface area contributed by atoms with E-state index in [4.69, 9.17) is 0 Å². The molecule has 0 saturated heterocycles. The van der Waals surface area contributed by atoms with Crippen molar-refractivity contribution in [2.24, 2.45) is 0 Å². The maximum absolute atomic E-state index is 12.5. The molecule has 0 aliphatic heterocycles. The van der Waals surface area contributed by atoms with Crippen LogP contribution in [-0.4, -0.2) is 30.9 Å². The third kappa shape index (κ3) is 4.06. The number of rotatable bonds is 5. The van der Waals surface area contributed by atoms with Crippen molar-refractivity contribution in [2.75, 3.05) is 10.6 Å². The van der Waals surface area contributed by atoms with Gasteiger partial charge in [0.15, 0.2) is 16.6 Å². The van der Waals surface area contributed by atoms with Crippen molar-refractivity contribution in [3.8, 4) is 5.82 Å². The van der Waals surface area contributed by atoms with Gasteiger partial charge in [-0.2, -0.15) is 5.10 Å². The Hall–Kier alpha value is -4.11. The molecule has 2 N–H and O–H groups in total. The van der Waals surface area contributed by atoms with Crippen LogP contribution >= 0.6 is 11.3 Å². The highest BCUT2D eigenvalue weighted by Crippen LogP contribution is 2.23. The number of carbonyl (C=O) groups is 1. The minimum absolute atomic E-state index is 0.225. The van der Waals surface area contributed by atoms with Gasteiger partial charge in [0.05, 0.1) is 15.9 Å². The van der Waals surface area contributed by atoms with E-state index in [-0.39, 0.29) is 5.91 Å². The molecule has 2 aromatic carbocycles. The van der Waals surface area contributed by atoms with E-state index in [0.717, 1.165) is 27.3 Å². The largest absolute Gasteiger partial charge is 0.339 e. The van der Waals surface area contributed by atoms with Crippen molar-refractivity contribution < 1.29 is 4.79 Å². The maximum Gasteiger partial charge on any atom is 0.284 e. The molecule has 0 bridgehead atoms. The van der Waals surface area contributed by atoms with E-state index in [9.17, 15) is 4.79 Å². The van der Waals surface area contributed by atoms with E-state index in [2.05, 4.69) is 30.9 Å². The SMILES string of the molecule is Cc1cc(C)n(-c2ccc(Nc3ccc(NC(=O)c4nc5ccccc5s4)cc3)nn2)n1. The molecule has 0 atom stereocenters. The van der Waals surface area contributed by atoms with Gasteiger partial charge in [0.2, 0.25) is 0 Å². The number of anilines is 3. The van der Waals surface area contributed by atoms with Crippen molar-refractivity contribution in [1.29, 1.82) is 0 Å². The molecule has 0 spiro atoms. The molecule has 3 aromatic heterocycles. The van der Waals surface area contributed by atoms with Crippen LogP contribution in [-0.2, 0) is 0 Å². The fourth-order valence-corrected chi connectivity index (χ4v) is 4.17. The lowest BCUT2D eigenvalue weighted by molar-refractivity contribution is 0.102. The Labute approximate surface area is 188 Å². The smallest absolute Gasteiger partial charge is 0.284 e. The Morgan fingerprint density at radius 3 is 2.41 bits per heavy atom. The second kappa shape index (κ2) is 8.20. The summed E-state index contributed by atoms with van der Waals surface area (Å²) in [4.78, 5) is 16.9. The molecule has 0 saturated carbocycles. The second-order valence-electron chi connectivity index (χ2n) is 7.26. The molecule has 0 fully saturated rings. The summed E-state index contributed by atoms with van der Waals surface area (Å²) in [5.74, 6) is 1.05. The second-order valence-corrected chi connectivity index (χ2v) is 8.29. The van der Waals surface area contributed by atoms with Crippen LogP contribution in [0.4, 0.5) is 17.2 Å². The van der Waals surface area contributed by atoms with E-state index >= 15 is 0 Å². The molecule has 0 aliphatic carbocycles. The van der Waals surface area contributed by atoms with E-state index in [1.807, 2.05) is 80.6 Å². The topological polar surface area (TPSA) is 97.6 Å². The van der Waals surface area contributed by atoms with E-state index < -0.39 is 0 Å². The molecular formula is C23H19N7OS. The highest BCUT2D eigenvalue weighted by molar-refractivity contribution is 7.20. The fourth-order valence-electron chi connectivity index (χ4n) is 3.30. The molecule has 0 unspecified atom stereocenters. The number of para-hydroxylation sites is 1. The first kappa shape index (κ1) is 19.8. The lowest BCUT2D eigenvalue weighted by Crippen LogP contribution is -2.11. The molecule has 32 heavy (non-hydrogen) atoms. The Bertz CT molecular complexity index is 1370. The number of hydrogen-bond donors (Lipinski definition) is 2. The van der Waals surface area contributed by atoms with Gasteiger partial charge in [-0.3, -0.25) is 4.79 Å². The number of benzene rings is 2. The summed E-state index contributed by atoms with van der Waals surface area (Å²) in [6.45, 7) is 3.92. The molecule has 0 aliphatic rings. The predicted molar refractivity (Wildman–Crippen MR) is 126 cm³/mol. The third-order valence-corrected chi connectivity index (χ3v) is 5.82. The average Bonchev–Trinajstić information content (AvgIpc) is 3.38. The highest BCUT2D eigenvalue weighted by atomic mass is 32.1. The normalized spacial score (nSPS) is 10.9. The molecule has 0 radical (unpaired) electrons. The Morgan fingerprint density at radius 1 is 0.938 bits per heavy atom. The number of thiazole rings is 1. The van der Waals surface area contributed by atoms with E-state index in [1.54, 1.807) is 4.68 Å². The van der Waals surface area contributed by atoms with Gasteiger partial charge in [0, 0.05) is 17.1 Å². The molecular weight excluding hydrogens is 422 g/mol. The first-order valence-electron chi connectivity index (χ1n) is 9.96. The Morgan fingerprint density at radius 2 is 1.72 bits per heavy atom. The molecule has 3 heterocycles. The lowest BCUT2D eigenvalue weighted by Gasteiger charge is -2.08. The van der Waals surface area contributed by atoms with Crippen LogP contribution in [0.2, 0.25) is 0 Å². The number of amides is 1. The summed E-state index contributed by atoms with van der Waals surface area (Å²) in [6.07, 6.45) is 0. The Balaban J connectivity index is 1.24. The fraction of sp³-hybridized carbons (Fsp3) is 0.0870. The zero-order valence-electron chi connectivity index (χ0n) is 17.4. The van der Waals surface area contributed by atoms with Crippen LogP contribution in [0, 0.1) is 13.8 Å². The maximum atomic E-state index is 12.5. The van der Waals surface area contributed by atoms with Gasteiger partial charge in [-0.25, -0.2) is 9.67 Å². The molecule has 158 valence electrons. The van der Waals surface area contributed by atoms with E-state index in [1.165, 1.54) is 11.3 Å². The van der Waals surface area contributed by atoms with Crippen LogP contribution in [0.3, 0.4) is 0 Å². The minimum atomic E-state index is -0.225.